The van der Waals surface area contributed by atoms with Gasteiger partial charge < -0.3 is 5.11 Å². The van der Waals surface area contributed by atoms with Crippen molar-refractivity contribution in [2.45, 2.75) is 39.3 Å². The highest BCUT2D eigenvalue weighted by Gasteiger charge is 2.28. The third kappa shape index (κ3) is 3.46. The molecule has 0 aromatic heterocycles. The molecular weight excluding hydrogens is 272 g/mol. The molecule has 1 aliphatic heterocycles. The predicted octanol–water partition coefficient (Wildman–Crippen LogP) is 3.52. The van der Waals surface area contributed by atoms with Gasteiger partial charge in [-0.25, -0.2) is 0 Å². The van der Waals surface area contributed by atoms with E-state index in [-0.39, 0.29) is 11.6 Å². The molecule has 20 heavy (non-hydrogen) atoms. The molecule has 1 aliphatic rings. The number of halogens is 1. The summed E-state index contributed by atoms with van der Waals surface area (Å²) in [6.45, 7) is 13.1. The largest absolute Gasteiger partial charge is 0.508 e. The maximum absolute atomic E-state index is 10.0. The Labute approximate surface area is 127 Å². The average molecular weight is 297 g/mol. The summed E-state index contributed by atoms with van der Waals surface area (Å²) in [5.74, 6) is 0.333. The minimum absolute atomic E-state index is 0.191. The van der Waals surface area contributed by atoms with E-state index in [0.717, 1.165) is 31.7 Å². The number of aromatic hydroxyl groups is 1. The van der Waals surface area contributed by atoms with Gasteiger partial charge in [-0.05, 0) is 45.9 Å². The van der Waals surface area contributed by atoms with Crippen molar-refractivity contribution >= 4 is 11.6 Å². The van der Waals surface area contributed by atoms with Gasteiger partial charge in [-0.2, -0.15) is 0 Å². The molecule has 4 heteroatoms. The molecule has 0 aliphatic carbocycles. The first-order valence-electron chi connectivity index (χ1n) is 7.26. The minimum Gasteiger partial charge on any atom is -0.508 e. The Hall–Kier alpha value is -0.770. The second-order valence-electron chi connectivity index (χ2n) is 6.57. The highest BCUT2D eigenvalue weighted by atomic mass is 35.5. The van der Waals surface area contributed by atoms with Crippen molar-refractivity contribution in [2.75, 3.05) is 26.2 Å². The zero-order valence-electron chi connectivity index (χ0n) is 12.9. The zero-order valence-corrected chi connectivity index (χ0v) is 13.6. The molecule has 0 spiro atoms. The van der Waals surface area contributed by atoms with Gasteiger partial charge in [-0.1, -0.05) is 11.6 Å². The quantitative estimate of drug-likeness (QED) is 0.904. The van der Waals surface area contributed by atoms with E-state index < -0.39 is 0 Å². The van der Waals surface area contributed by atoms with Gasteiger partial charge in [0.25, 0.3) is 0 Å². The highest BCUT2D eigenvalue weighted by molar-refractivity contribution is 6.30. The van der Waals surface area contributed by atoms with Crippen molar-refractivity contribution < 1.29 is 5.11 Å². The third-order valence-corrected chi connectivity index (χ3v) is 4.49. The second kappa shape index (κ2) is 5.92. The van der Waals surface area contributed by atoms with E-state index in [9.17, 15) is 5.11 Å². The first-order valence-corrected chi connectivity index (χ1v) is 7.64. The normalized spacial score (nSPS) is 20.1. The number of hydrogen-bond acceptors (Lipinski definition) is 3. The number of phenolic OH excluding ortho intramolecular Hbond substituents is 1. The first-order chi connectivity index (χ1) is 9.29. The molecule has 1 aromatic rings. The summed E-state index contributed by atoms with van der Waals surface area (Å²) in [6, 6.07) is 5.47. The number of piperazine rings is 1. The number of nitrogens with zero attached hydrogens (tertiary/aromatic N) is 2. The fourth-order valence-corrected chi connectivity index (χ4v) is 3.02. The van der Waals surface area contributed by atoms with E-state index in [2.05, 4.69) is 37.5 Å². The summed E-state index contributed by atoms with van der Waals surface area (Å²) in [6.07, 6.45) is 0. The Balaban J connectivity index is 2.05. The topological polar surface area (TPSA) is 26.7 Å². The molecule has 1 atom stereocenters. The van der Waals surface area contributed by atoms with Gasteiger partial charge in [0.05, 0.1) is 0 Å². The van der Waals surface area contributed by atoms with Crippen molar-refractivity contribution in [3.63, 3.8) is 0 Å². The maximum atomic E-state index is 10.0. The molecule has 1 saturated heterocycles. The Morgan fingerprint density at radius 1 is 1.15 bits per heavy atom. The standard InChI is InChI=1S/C16H25ClN2O/c1-12(14-11-13(17)5-6-15(14)20)18-7-9-19(10-8-18)16(2,3)4/h5-6,11-12,20H,7-10H2,1-4H3. The fourth-order valence-electron chi connectivity index (χ4n) is 2.84. The van der Waals surface area contributed by atoms with Crippen molar-refractivity contribution in [1.29, 1.82) is 0 Å². The number of rotatable bonds is 2. The molecule has 1 fully saturated rings. The summed E-state index contributed by atoms with van der Waals surface area (Å²) < 4.78 is 0. The van der Waals surface area contributed by atoms with Crippen LogP contribution in [0.5, 0.6) is 5.75 Å². The Bertz CT molecular complexity index is 462. The second-order valence-corrected chi connectivity index (χ2v) is 7.01. The van der Waals surface area contributed by atoms with Crippen LogP contribution in [0.1, 0.15) is 39.3 Å². The molecule has 0 bridgehead atoms. The summed E-state index contributed by atoms with van der Waals surface area (Å²) in [5.41, 5.74) is 1.15. The number of benzene rings is 1. The predicted molar refractivity (Wildman–Crippen MR) is 84.4 cm³/mol. The Kier molecular flexibility index (Phi) is 4.62. The van der Waals surface area contributed by atoms with Crippen LogP contribution in [0.25, 0.3) is 0 Å². The van der Waals surface area contributed by atoms with Crippen LogP contribution in [0.3, 0.4) is 0 Å². The third-order valence-electron chi connectivity index (χ3n) is 4.25. The van der Waals surface area contributed by atoms with Crippen LogP contribution in [-0.2, 0) is 0 Å². The summed E-state index contributed by atoms with van der Waals surface area (Å²) in [4.78, 5) is 4.92. The van der Waals surface area contributed by atoms with Crippen LogP contribution >= 0.6 is 11.6 Å². The van der Waals surface area contributed by atoms with E-state index in [1.807, 2.05) is 6.07 Å². The van der Waals surface area contributed by atoms with E-state index >= 15 is 0 Å². The molecule has 1 N–H and O–H groups in total. The van der Waals surface area contributed by atoms with Crippen LogP contribution in [-0.4, -0.2) is 46.6 Å². The average Bonchev–Trinajstić information content (AvgIpc) is 2.40. The van der Waals surface area contributed by atoms with Gasteiger partial charge in [0.2, 0.25) is 0 Å². The summed E-state index contributed by atoms with van der Waals surface area (Å²) in [5, 5.41) is 10.7. The van der Waals surface area contributed by atoms with Gasteiger partial charge >= 0.3 is 0 Å². The molecule has 1 heterocycles. The van der Waals surface area contributed by atoms with E-state index in [4.69, 9.17) is 11.6 Å². The monoisotopic (exact) mass is 296 g/mol. The molecule has 1 unspecified atom stereocenters. The SMILES string of the molecule is CC(c1cc(Cl)ccc1O)N1CCN(C(C)(C)C)CC1. The number of phenols is 1. The molecule has 0 radical (unpaired) electrons. The lowest BCUT2D eigenvalue weighted by Crippen LogP contribution is -2.53. The lowest BCUT2D eigenvalue weighted by atomic mass is 10.0. The Morgan fingerprint density at radius 3 is 2.30 bits per heavy atom. The van der Waals surface area contributed by atoms with E-state index in [1.54, 1.807) is 12.1 Å². The molecule has 1 aromatic carbocycles. The highest BCUT2D eigenvalue weighted by Crippen LogP contribution is 2.31. The lowest BCUT2D eigenvalue weighted by Gasteiger charge is -2.44. The van der Waals surface area contributed by atoms with E-state index in [0.29, 0.717) is 10.8 Å². The van der Waals surface area contributed by atoms with Crippen molar-refractivity contribution in [3.8, 4) is 5.75 Å². The maximum Gasteiger partial charge on any atom is 0.120 e. The summed E-state index contributed by atoms with van der Waals surface area (Å²) in [7, 11) is 0. The van der Waals surface area contributed by atoms with Crippen molar-refractivity contribution in [3.05, 3.63) is 28.8 Å². The van der Waals surface area contributed by atoms with Crippen LogP contribution in [0.4, 0.5) is 0 Å². The smallest absolute Gasteiger partial charge is 0.120 e. The van der Waals surface area contributed by atoms with Gasteiger partial charge in [-0.15, -0.1) is 0 Å². The molecular formula is C16H25ClN2O. The van der Waals surface area contributed by atoms with Gasteiger partial charge in [0, 0.05) is 48.3 Å². The molecule has 3 nitrogen and oxygen atoms in total. The van der Waals surface area contributed by atoms with Gasteiger partial charge in [0.15, 0.2) is 0 Å². The molecule has 112 valence electrons. The minimum atomic E-state index is 0.191. The Morgan fingerprint density at radius 2 is 1.75 bits per heavy atom. The van der Waals surface area contributed by atoms with Crippen molar-refractivity contribution in [2.24, 2.45) is 0 Å². The molecule has 0 saturated carbocycles. The lowest BCUT2D eigenvalue weighted by molar-refractivity contribution is 0.0449. The van der Waals surface area contributed by atoms with Gasteiger partial charge in [-0.3, -0.25) is 9.80 Å². The molecule has 0 amide bonds. The van der Waals surface area contributed by atoms with E-state index in [1.165, 1.54) is 0 Å². The van der Waals surface area contributed by atoms with Crippen LogP contribution in [0.2, 0.25) is 5.02 Å². The molecule has 2 rings (SSSR count). The summed E-state index contributed by atoms with van der Waals surface area (Å²) >= 11 is 6.04. The van der Waals surface area contributed by atoms with Crippen LogP contribution in [0.15, 0.2) is 18.2 Å². The number of hydrogen-bond donors (Lipinski definition) is 1. The van der Waals surface area contributed by atoms with Crippen LogP contribution < -0.4 is 0 Å². The van der Waals surface area contributed by atoms with Crippen LogP contribution in [0, 0.1) is 0 Å². The zero-order chi connectivity index (χ0) is 14.9. The van der Waals surface area contributed by atoms with Crippen molar-refractivity contribution in [1.82, 2.24) is 9.80 Å². The fraction of sp³-hybridized carbons (Fsp3) is 0.625. The van der Waals surface area contributed by atoms with Gasteiger partial charge in [0.1, 0.15) is 5.75 Å². The first kappa shape index (κ1) is 15.6.